The van der Waals surface area contributed by atoms with Crippen molar-refractivity contribution in [1.82, 2.24) is 4.98 Å². The van der Waals surface area contributed by atoms with Gasteiger partial charge in [0.15, 0.2) is 4.90 Å². The topological polar surface area (TPSA) is 165 Å². The highest BCUT2D eigenvalue weighted by Gasteiger charge is 2.22. The van der Waals surface area contributed by atoms with Gasteiger partial charge in [0.2, 0.25) is 0 Å². The molecule has 30 heavy (non-hydrogen) atoms. The third-order valence-electron chi connectivity index (χ3n) is 3.23. The number of aromatic nitrogens is 1. The Bertz CT molecular complexity index is 1140. The Labute approximate surface area is 173 Å². The number of rotatable bonds is 3. The van der Waals surface area contributed by atoms with E-state index in [4.69, 9.17) is 9.11 Å². The van der Waals surface area contributed by atoms with Gasteiger partial charge in [-0.25, -0.2) is 0 Å². The van der Waals surface area contributed by atoms with Crippen LogP contribution in [0.5, 0.6) is 0 Å². The summed E-state index contributed by atoms with van der Waals surface area (Å²) in [5.74, 6) is 0. The van der Waals surface area contributed by atoms with Crippen molar-refractivity contribution >= 4 is 25.9 Å². The molecule has 0 radical (unpaired) electrons. The third kappa shape index (κ3) is 8.87. The molecule has 0 aliphatic rings. The van der Waals surface area contributed by atoms with Crippen LogP contribution in [0.4, 0.5) is 5.69 Å². The first kappa shape index (κ1) is 24.8. The van der Waals surface area contributed by atoms with E-state index in [1.54, 1.807) is 24.5 Å². The Morgan fingerprint density at radius 3 is 1.67 bits per heavy atom. The summed E-state index contributed by atoms with van der Waals surface area (Å²) < 4.78 is 59.4. The summed E-state index contributed by atoms with van der Waals surface area (Å²) in [6.07, 6.45) is 3.50. The van der Waals surface area contributed by atoms with E-state index >= 15 is 0 Å². The van der Waals surface area contributed by atoms with Crippen molar-refractivity contribution in [3.8, 4) is 0 Å². The van der Waals surface area contributed by atoms with Crippen molar-refractivity contribution in [3.05, 3.63) is 94.8 Å². The zero-order valence-electron chi connectivity index (χ0n) is 15.6. The summed E-state index contributed by atoms with van der Waals surface area (Å²) in [7, 11) is -8.54. The number of hydrogen-bond donors (Lipinski definition) is 2. The van der Waals surface area contributed by atoms with Crippen molar-refractivity contribution in [2.45, 2.75) is 16.7 Å². The minimum absolute atomic E-state index is 0.0666. The first-order valence-corrected chi connectivity index (χ1v) is 10.9. The Morgan fingerprint density at radius 1 is 0.800 bits per heavy atom. The molecule has 0 bridgehead atoms. The quantitative estimate of drug-likeness (QED) is 0.343. The van der Waals surface area contributed by atoms with E-state index in [-0.39, 0.29) is 4.90 Å². The fourth-order valence-electron chi connectivity index (χ4n) is 1.85. The molecule has 0 aliphatic heterocycles. The second kappa shape index (κ2) is 11.1. The van der Waals surface area contributed by atoms with E-state index in [2.05, 4.69) is 4.98 Å². The first-order valence-electron chi connectivity index (χ1n) is 8.03. The monoisotopic (exact) mass is 454 g/mol. The van der Waals surface area contributed by atoms with Gasteiger partial charge >= 0.3 is 10.1 Å². The van der Waals surface area contributed by atoms with Crippen LogP contribution in [-0.4, -0.2) is 35.8 Å². The lowest BCUT2D eigenvalue weighted by molar-refractivity contribution is -0.387. The molecule has 1 aromatic heterocycles. The molecule has 0 aliphatic carbocycles. The van der Waals surface area contributed by atoms with E-state index in [9.17, 15) is 26.9 Å². The lowest BCUT2D eigenvalue weighted by Gasteiger charge is -1.97. The highest BCUT2D eigenvalue weighted by Crippen LogP contribution is 2.21. The number of benzene rings is 2. The van der Waals surface area contributed by atoms with Crippen LogP contribution in [-0.2, 0) is 20.2 Å². The van der Waals surface area contributed by atoms with Crippen molar-refractivity contribution in [1.29, 1.82) is 0 Å². The number of aryl methyl sites for hydroxylation is 1. The average Bonchev–Trinajstić information content (AvgIpc) is 2.69. The highest BCUT2D eigenvalue weighted by molar-refractivity contribution is 7.86. The first-order chi connectivity index (χ1) is 13.9. The molecule has 10 nitrogen and oxygen atoms in total. The van der Waals surface area contributed by atoms with Gasteiger partial charge in [-0.2, -0.15) is 16.8 Å². The van der Waals surface area contributed by atoms with E-state index in [1.165, 1.54) is 24.3 Å². The Morgan fingerprint density at radius 2 is 1.33 bits per heavy atom. The Hall–Kier alpha value is -3.19. The van der Waals surface area contributed by atoms with Gasteiger partial charge in [-0.1, -0.05) is 35.9 Å². The van der Waals surface area contributed by atoms with Crippen LogP contribution in [0.2, 0.25) is 0 Å². The van der Waals surface area contributed by atoms with Gasteiger partial charge in [0.05, 0.1) is 9.82 Å². The smallest absolute Gasteiger partial charge is 0.282 e. The van der Waals surface area contributed by atoms with E-state index in [0.717, 1.165) is 17.7 Å². The van der Waals surface area contributed by atoms with Crippen LogP contribution in [0.3, 0.4) is 0 Å². The SMILES string of the molecule is Cc1ccc(S(=O)(=O)O)cc1.O=[N+]([O-])c1ccccc1S(=O)(=O)O.c1ccncc1. The summed E-state index contributed by atoms with van der Waals surface area (Å²) in [4.78, 5) is 12.5. The summed E-state index contributed by atoms with van der Waals surface area (Å²) in [6.45, 7) is 1.84. The van der Waals surface area contributed by atoms with E-state index in [0.29, 0.717) is 0 Å². The van der Waals surface area contributed by atoms with Crippen molar-refractivity contribution in [3.63, 3.8) is 0 Å². The summed E-state index contributed by atoms with van der Waals surface area (Å²) in [5.41, 5.74) is 0.322. The van der Waals surface area contributed by atoms with Crippen LogP contribution >= 0.6 is 0 Å². The number of nitrogens with zero attached hydrogens (tertiary/aromatic N) is 2. The Balaban J connectivity index is 0.000000239. The molecule has 0 amide bonds. The van der Waals surface area contributed by atoms with Gasteiger partial charge in [-0.3, -0.25) is 24.2 Å². The van der Waals surface area contributed by atoms with Gasteiger partial charge < -0.3 is 0 Å². The van der Waals surface area contributed by atoms with Gasteiger partial charge in [-0.15, -0.1) is 0 Å². The van der Waals surface area contributed by atoms with Gasteiger partial charge in [0, 0.05) is 18.5 Å². The predicted molar refractivity (Wildman–Crippen MR) is 108 cm³/mol. The molecule has 3 aromatic rings. The zero-order chi connectivity index (χ0) is 22.8. The molecule has 0 fully saturated rings. The fourth-order valence-corrected chi connectivity index (χ4v) is 2.99. The van der Waals surface area contributed by atoms with Crippen molar-refractivity contribution in [2.75, 3.05) is 0 Å². The highest BCUT2D eigenvalue weighted by atomic mass is 32.2. The van der Waals surface area contributed by atoms with E-state index in [1.807, 2.05) is 25.1 Å². The predicted octanol–water partition coefficient (Wildman–Crippen LogP) is 3.16. The normalized spacial score (nSPS) is 10.6. The lowest BCUT2D eigenvalue weighted by Crippen LogP contribution is -2.02. The second-order valence-electron chi connectivity index (χ2n) is 5.51. The maximum Gasteiger partial charge on any atom is 0.301 e. The number of nitro groups is 1. The molecule has 12 heteroatoms. The van der Waals surface area contributed by atoms with E-state index < -0.39 is 35.7 Å². The summed E-state index contributed by atoms with van der Waals surface area (Å²) in [6, 6.07) is 16.3. The van der Waals surface area contributed by atoms with Crippen LogP contribution in [0.15, 0.2) is 88.9 Å². The molecule has 2 aromatic carbocycles. The largest absolute Gasteiger partial charge is 0.301 e. The average molecular weight is 454 g/mol. The minimum Gasteiger partial charge on any atom is -0.282 e. The number of pyridine rings is 1. The van der Waals surface area contributed by atoms with Crippen LogP contribution in [0.25, 0.3) is 0 Å². The molecule has 0 spiro atoms. The van der Waals surface area contributed by atoms with Crippen molar-refractivity contribution in [2.24, 2.45) is 0 Å². The lowest BCUT2D eigenvalue weighted by atomic mass is 10.2. The molecule has 0 saturated carbocycles. The van der Waals surface area contributed by atoms with Crippen LogP contribution < -0.4 is 0 Å². The molecular formula is C18H18N2O8S2. The summed E-state index contributed by atoms with van der Waals surface area (Å²) in [5, 5.41) is 10.3. The third-order valence-corrected chi connectivity index (χ3v) is 4.99. The maximum atomic E-state index is 10.6. The number of para-hydroxylation sites is 1. The molecule has 3 rings (SSSR count). The molecular weight excluding hydrogens is 436 g/mol. The second-order valence-corrected chi connectivity index (χ2v) is 8.32. The van der Waals surface area contributed by atoms with Gasteiger partial charge in [0.25, 0.3) is 15.8 Å². The standard InChI is InChI=1S/C7H8O3S.C6H5NO5S.C5H5N/c1-6-2-4-7(5-3-6)11(8,9)10;8-7(9)5-3-1-2-4-6(5)13(10,11)12;1-2-4-6-5-3-1/h2-5H,1H3,(H,8,9,10);1-4H,(H,10,11,12);1-5H. The molecule has 0 saturated heterocycles. The molecule has 160 valence electrons. The minimum atomic E-state index is -4.52. The number of hydrogen-bond acceptors (Lipinski definition) is 7. The maximum absolute atomic E-state index is 10.6. The fraction of sp³-hybridized carbons (Fsp3) is 0.0556. The van der Waals surface area contributed by atoms with Crippen molar-refractivity contribution < 1.29 is 30.9 Å². The van der Waals surface area contributed by atoms with Crippen LogP contribution in [0.1, 0.15) is 5.56 Å². The molecule has 0 unspecified atom stereocenters. The molecule has 1 heterocycles. The Kier molecular flexibility index (Phi) is 9.20. The summed E-state index contributed by atoms with van der Waals surface area (Å²) >= 11 is 0. The zero-order valence-corrected chi connectivity index (χ0v) is 17.2. The van der Waals surface area contributed by atoms with Gasteiger partial charge in [-0.05, 0) is 37.3 Å². The van der Waals surface area contributed by atoms with Crippen LogP contribution in [0, 0.1) is 17.0 Å². The van der Waals surface area contributed by atoms with Gasteiger partial charge in [0.1, 0.15) is 0 Å². The molecule has 2 N–H and O–H groups in total. The number of nitro benzene ring substituents is 1. The molecule has 0 atom stereocenters.